The molecule has 0 fully saturated rings. The maximum Gasteiger partial charge on any atom is 0.268 e. The molecular weight excluding hydrogens is 232 g/mol. The average Bonchev–Trinajstić information content (AvgIpc) is 2.92. The van der Waals surface area contributed by atoms with Crippen molar-refractivity contribution in [3.8, 4) is 0 Å². The van der Waals surface area contributed by atoms with Crippen LogP contribution in [0.3, 0.4) is 0 Å². The van der Waals surface area contributed by atoms with Gasteiger partial charge in [-0.05, 0) is 13.0 Å². The summed E-state index contributed by atoms with van der Waals surface area (Å²) in [5.41, 5.74) is 6.80. The van der Waals surface area contributed by atoms with Crippen LogP contribution in [-0.2, 0) is 20.1 Å². The number of nitrogen functional groups attached to an aromatic ring is 1. The topological polar surface area (TPSA) is 90.8 Å². The maximum atomic E-state index is 12.0. The number of nitrogens with two attached hydrogens (primary N) is 1. The van der Waals surface area contributed by atoms with Gasteiger partial charge in [0.05, 0.1) is 12.2 Å². The van der Waals surface area contributed by atoms with E-state index in [1.54, 1.807) is 34.9 Å². The molecule has 0 radical (unpaired) electrons. The van der Waals surface area contributed by atoms with Gasteiger partial charge in [0.25, 0.3) is 5.91 Å². The summed E-state index contributed by atoms with van der Waals surface area (Å²) >= 11 is 0. The Morgan fingerprint density at radius 2 is 2.33 bits per heavy atom. The summed E-state index contributed by atoms with van der Waals surface area (Å²) in [6.45, 7) is 2.95. The van der Waals surface area contributed by atoms with E-state index in [4.69, 9.17) is 5.73 Å². The highest BCUT2D eigenvalue weighted by Crippen LogP contribution is 2.10. The zero-order valence-corrected chi connectivity index (χ0v) is 10.4. The molecule has 2 heterocycles. The molecule has 0 aliphatic rings. The van der Waals surface area contributed by atoms with Gasteiger partial charge in [-0.3, -0.25) is 9.48 Å². The van der Waals surface area contributed by atoms with E-state index in [0.29, 0.717) is 30.3 Å². The number of anilines is 1. The molecule has 2 aromatic heterocycles. The molecule has 3 N–H and O–H groups in total. The van der Waals surface area contributed by atoms with Gasteiger partial charge in [-0.25, -0.2) is 4.98 Å². The predicted molar refractivity (Wildman–Crippen MR) is 66.7 cm³/mol. The third-order valence-electron chi connectivity index (χ3n) is 2.55. The van der Waals surface area contributed by atoms with E-state index in [0.717, 1.165) is 0 Å². The molecule has 0 saturated carbocycles. The fraction of sp³-hybridized carbons (Fsp3) is 0.364. The maximum absolute atomic E-state index is 12.0. The van der Waals surface area contributed by atoms with Crippen molar-refractivity contribution in [3.63, 3.8) is 0 Å². The second-order valence-corrected chi connectivity index (χ2v) is 3.96. The van der Waals surface area contributed by atoms with Crippen LogP contribution in [0.15, 0.2) is 18.6 Å². The molecular formula is C11H16N6O. The SMILES string of the molecule is CCn1cc(N)cc1C(=O)NCc1ncn(C)n1. The quantitative estimate of drug-likeness (QED) is 0.805. The molecule has 0 unspecified atom stereocenters. The average molecular weight is 248 g/mol. The second-order valence-electron chi connectivity index (χ2n) is 3.96. The minimum Gasteiger partial charge on any atom is -0.397 e. The van der Waals surface area contributed by atoms with Gasteiger partial charge in [0.15, 0.2) is 5.82 Å². The number of nitrogens with one attached hydrogen (secondary N) is 1. The first-order valence-corrected chi connectivity index (χ1v) is 5.68. The molecule has 0 bridgehead atoms. The Hall–Kier alpha value is -2.31. The number of aryl methyl sites for hydroxylation is 2. The molecule has 0 aliphatic heterocycles. The molecule has 7 nitrogen and oxygen atoms in total. The predicted octanol–water partition coefficient (Wildman–Crippen LogP) is 0.149. The molecule has 2 aromatic rings. The highest BCUT2D eigenvalue weighted by atomic mass is 16.1. The standard InChI is InChI=1S/C11H16N6O/c1-3-17-6-8(12)4-9(17)11(18)13-5-10-14-7-16(2)15-10/h4,6-7H,3,5,12H2,1-2H3,(H,13,18). The van der Waals surface area contributed by atoms with Gasteiger partial charge in [-0.2, -0.15) is 5.10 Å². The van der Waals surface area contributed by atoms with Gasteiger partial charge in [0, 0.05) is 19.8 Å². The molecule has 2 rings (SSSR count). The van der Waals surface area contributed by atoms with Crippen molar-refractivity contribution < 1.29 is 4.79 Å². The van der Waals surface area contributed by atoms with Gasteiger partial charge in [-0.1, -0.05) is 0 Å². The normalized spacial score (nSPS) is 10.6. The number of carbonyl (C=O) groups excluding carboxylic acids is 1. The summed E-state index contributed by atoms with van der Waals surface area (Å²) < 4.78 is 3.39. The summed E-state index contributed by atoms with van der Waals surface area (Å²) in [7, 11) is 1.78. The summed E-state index contributed by atoms with van der Waals surface area (Å²) in [4.78, 5) is 16.0. The first kappa shape index (κ1) is 12.2. The fourth-order valence-electron chi connectivity index (χ4n) is 1.70. The van der Waals surface area contributed by atoms with Crippen LogP contribution >= 0.6 is 0 Å². The van der Waals surface area contributed by atoms with Crippen LogP contribution in [0, 0.1) is 0 Å². The number of carbonyl (C=O) groups is 1. The highest BCUT2D eigenvalue weighted by Gasteiger charge is 2.12. The lowest BCUT2D eigenvalue weighted by molar-refractivity contribution is 0.0940. The Morgan fingerprint density at radius 3 is 2.94 bits per heavy atom. The third-order valence-corrected chi connectivity index (χ3v) is 2.55. The number of aromatic nitrogens is 4. The molecule has 0 spiro atoms. The van der Waals surface area contributed by atoms with Crippen LogP contribution in [0.2, 0.25) is 0 Å². The molecule has 0 atom stereocenters. The second kappa shape index (κ2) is 4.91. The van der Waals surface area contributed by atoms with Crippen LogP contribution in [0.1, 0.15) is 23.2 Å². The van der Waals surface area contributed by atoms with Crippen LogP contribution in [0.25, 0.3) is 0 Å². The van der Waals surface area contributed by atoms with Gasteiger partial charge < -0.3 is 15.6 Å². The van der Waals surface area contributed by atoms with E-state index < -0.39 is 0 Å². The first-order chi connectivity index (χ1) is 8.60. The van der Waals surface area contributed by atoms with E-state index >= 15 is 0 Å². The third kappa shape index (κ3) is 2.50. The van der Waals surface area contributed by atoms with Gasteiger partial charge in [0.1, 0.15) is 12.0 Å². The van der Waals surface area contributed by atoms with Crippen LogP contribution < -0.4 is 11.1 Å². The molecule has 1 amide bonds. The molecule has 96 valence electrons. The number of nitrogens with zero attached hydrogens (tertiary/aromatic N) is 4. The van der Waals surface area contributed by atoms with E-state index in [-0.39, 0.29) is 5.91 Å². The number of amides is 1. The van der Waals surface area contributed by atoms with Crippen molar-refractivity contribution in [2.24, 2.45) is 7.05 Å². The lowest BCUT2D eigenvalue weighted by Gasteiger charge is -2.05. The van der Waals surface area contributed by atoms with Crippen LogP contribution in [0.5, 0.6) is 0 Å². The fourth-order valence-corrected chi connectivity index (χ4v) is 1.70. The van der Waals surface area contributed by atoms with Crippen molar-refractivity contribution >= 4 is 11.6 Å². The van der Waals surface area contributed by atoms with E-state index in [1.807, 2.05) is 6.92 Å². The van der Waals surface area contributed by atoms with Crippen molar-refractivity contribution in [2.75, 3.05) is 5.73 Å². The molecule has 7 heteroatoms. The smallest absolute Gasteiger partial charge is 0.268 e. The molecule has 0 saturated heterocycles. The Labute approximate surface area is 105 Å². The zero-order valence-electron chi connectivity index (χ0n) is 10.4. The zero-order chi connectivity index (χ0) is 13.1. The summed E-state index contributed by atoms with van der Waals surface area (Å²) in [5, 5.41) is 6.85. The summed E-state index contributed by atoms with van der Waals surface area (Å²) in [5.74, 6) is 0.398. The summed E-state index contributed by atoms with van der Waals surface area (Å²) in [6, 6.07) is 1.66. The molecule has 18 heavy (non-hydrogen) atoms. The Balaban J connectivity index is 2.03. The molecule has 0 aliphatic carbocycles. The monoisotopic (exact) mass is 248 g/mol. The van der Waals surface area contributed by atoms with Crippen molar-refractivity contribution in [1.29, 1.82) is 0 Å². The van der Waals surface area contributed by atoms with E-state index in [1.165, 1.54) is 0 Å². The molecule has 0 aromatic carbocycles. The largest absolute Gasteiger partial charge is 0.397 e. The van der Waals surface area contributed by atoms with E-state index in [2.05, 4.69) is 15.4 Å². The van der Waals surface area contributed by atoms with Crippen molar-refractivity contribution in [3.05, 3.63) is 30.1 Å². The highest BCUT2D eigenvalue weighted by molar-refractivity contribution is 5.93. The first-order valence-electron chi connectivity index (χ1n) is 5.68. The van der Waals surface area contributed by atoms with Gasteiger partial charge >= 0.3 is 0 Å². The number of rotatable bonds is 4. The lowest BCUT2D eigenvalue weighted by atomic mass is 10.3. The Kier molecular flexibility index (Phi) is 3.31. The Bertz CT molecular complexity index is 556. The van der Waals surface area contributed by atoms with Gasteiger partial charge in [-0.15, -0.1) is 0 Å². The minimum atomic E-state index is -0.180. The summed E-state index contributed by atoms with van der Waals surface area (Å²) in [6.07, 6.45) is 3.34. The number of hydrogen-bond acceptors (Lipinski definition) is 4. The van der Waals surface area contributed by atoms with E-state index in [9.17, 15) is 4.79 Å². The van der Waals surface area contributed by atoms with Crippen LogP contribution in [0.4, 0.5) is 5.69 Å². The van der Waals surface area contributed by atoms with Gasteiger partial charge in [0.2, 0.25) is 0 Å². The Morgan fingerprint density at radius 1 is 1.56 bits per heavy atom. The minimum absolute atomic E-state index is 0.180. The van der Waals surface area contributed by atoms with Crippen molar-refractivity contribution in [1.82, 2.24) is 24.6 Å². The number of hydrogen-bond donors (Lipinski definition) is 2. The van der Waals surface area contributed by atoms with Crippen molar-refractivity contribution in [2.45, 2.75) is 20.0 Å². The van der Waals surface area contributed by atoms with Crippen LogP contribution in [-0.4, -0.2) is 25.2 Å². The lowest BCUT2D eigenvalue weighted by Crippen LogP contribution is -2.25.